The third-order valence-electron chi connectivity index (χ3n) is 2.80. The molecular weight excluding hydrogens is 306 g/mol. The van der Waals surface area contributed by atoms with Crippen molar-refractivity contribution in [2.45, 2.75) is 0 Å². The van der Waals surface area contributed by atoms with E-state index in [1.807, 2.05) is 0 Å². The van der Waals surface area contributed by atoms with Crippen molar-refractivity contribution in [3.63, 3.8) is 0 Å². The lowest BCUT2D eigenvalue weighted by Gasteiger charge is -2.08. The summed E-state index contributed by atoms with van der Waals surface area (Å²) < 4.78 is 9.95. The Kier molecular flexibility index (Phi) is 5.38. The van der Waals surface area contributed by atoms with Gasteiger partial charge in [-0.15, -0.1) is 0 Å². The first kappa shape index (κ1) is 15.9. The fourth-order valence-corrected chi connectivity index (χ4v) is 1.92. The molecule has 0 aromatic heterocycles. The molecule has 0 aliphatic heterocycles. The van der Waals surface area contributed by atoms with Crippen LogP contribution in [0.25, 0.3) is 0 Å². The molecule has 0 aliphatic carbocycles. The van der Waals surface area contributed by atoms with Crippen molar-refractivity contribution in [1.82, 2.24) is 0 Å². The van der Waals surface area contributed by atoms with Crippen LogP contribution in [0, 0.1) is 0 Å². The van der Waals surface area contributed by atoms with Crippen LogP contribution >= 0.6 is 11.6 Å². The van der Waals surface area contributed by atoms with Gasteiger partial charge in [-0.05, 0) is 36.4 Å². The second-order valence-corrected chi connectivity index (χ2v) is 4.74. The zero-order chi connectivity index (χ0) is 15.9. The number of rotatable bonds is 5. The summed E-state index contributed by atoms with van der Waals surface area (Å²) >= 11 is 5.88. The average molecular weight is 320 g/mol. The van der Waals surface area contributed by atoms with Gasteiger partial charge < -0.3 is 14.8 Å². The molecule has 1 amide bonds. The van der Waals surface area contributed by atoms with Gasteiger partial charge >= 0.3 is 5.97 Å². The normalized spacial score (nSPS) is 9.91. The Balaban J connectivity index is 1.87. The van der Waals surface area contributed by atoms with Crippen LogP contribution in [0.4, 0.5) is 5.69 Å². The Hall–Kier alpha value is -2.53. The topological polar surface area (TPSA) is 64.6 Å². The maximum Gasteiger partial charge on any atom is 0.340 e. The van der Waals surface area contributed by atoms with Crippen LogP contribution in [0.15, 0.2) is 48.5 Å². The molecule has 1 N–H and O–H groups in total. The number of benzene rings is 2. The van der Waals surface area contributed by atoms with Crippen LogP contribution in [0.5, 0.6) is 5.75 Å². The molecule has 0 bridgehead atoms. The van der Waals surface area contributed by atoms with Gasteiger partial charge in [-0.3, -0.25) is 4.79 Å². The monoisotopic (exact) mass is 319 g/mol. The van der Waals surface area contributed by atoms with Crippen LogP contribution in [0.2, 0.25) is 5.02 Å². The van der Waals surface area contributed by atoms with Gasteiger partial charge in [0.05, 0.1) is 17.7 Å². The quantitative estimate of drug-likeness (QED) is 0.860. The highest BCUT2D eigenvalue weighted by atomic mass is 35.5. The summed E-state index contributed by atoms with van der Waals surface area (Å²) in [7, 11) is 1.56. The van der Waals surface area contributed by atoms with Crippen LogP contribution in [0.1, 0.15) is 10.4 Å². The number of hydrogen-bond donors (Lipinski definition) is 1. The van der Waals surface area contributed by atoms with Crippen LogP contribution in [-0.4, -0.2) is 25.6 Å². The Morgan fingerprint density at radius 3 is 2.41 bits per heavy atom. The van der Waals surface area contributed by atoms with E-state index >= 15 is 0 Å². The molecular formula is C16H14ClNO4. The van der Waals surface area contributed by atoms with Gasteiger partial charge in [0.15, 0.2) is 6.61 Å². The molecule has 5 nitrogen and oxygen atoms in total. The van der Waals surface area contributed by atoms with Crippen molar-refractivity contribution in [3.05, 3.63) is 59.1 Å². The number of nitrogens with one attached hydrogen (secondary N) is 1. The molecule has 0 spiro atoms. The number of ether oxygens (including phenoxy) is 2. The average Bonchev–Trinajstić information content (AvgIpc) is 2.54. The molecule has 0 saturated heterocycles. The van der Waals surface area contributed by atoms with E-state index in [2.05, 4.69) is 5.32 Å². The summed E-state index contributed by atoms with van der Waals surface area (Å²) in [5.74, 6) is -0.399. The Morgan fingerprint density at radius 1 is 1.09 bits per heavy atom. The summed E-state index contributed by atoms with van der Waals surface area (Å²) in [6, 6.07) is 13.3. The molecule has 22 heavy (non-hydrogen) atoms. The molecule has 0 radical (unpaired) electrons. The lowest BCUT2D eigenvalue weighted by atomic mass is 10.2. The molecule has 2 rings (SSSR count). The van der Waals surface area contributed by atoms with Gasteiger partial charge in [-0.2, -0.15) is 0 Å². The third kappa shape index (κ3) is 4.23. The van der Waals surface area contributed by atoms with Gasteiger partial charge in [0.2, 0.25) is 0 Å². The largest absolute Gasteiger partial charge is 0.497 e. The van der Waals surface area contributed by atoms with Gasteiger partial charge in [0.1, 0.15) is 5.75 Å². The van der Waals surface area contributed by atoms with Crippen molar-refractivity contribution < 1.29 is 19.1 Å². The number of anilines is 1. The van der Waals surface area contributed by atoms with Gasteiger partial charge in [0.25, 0.3) is 5.91 Å². The van der Waals surface area contributed by atoms with E-state index in [1.54, 1.807) is 49.6 Å². The fourth-order valence-electron chi connectivity index (χ4n) is 1.71. The molecule has 6 heteroatoms. The highest BCUT2D eigenvalue weighted by molar-refractivity contribution is 6.33. The standard InChI is InChI=1S/C16H14ClNO4/c1-21-12-8-6-11(7-9-12)18-15(19)10-22-16(20)13-4-2-3-5-14(13)17/h2-9H,10H2,1H3,(H,18,19). The third-order valence-corrected chi connectivity index (χ3v) is 3.13. The minimum atomic E-state index is -0.643. The van der Waals surface area contributed by atoms with Crippen molar-refractivity contribution in [3.8, 4) is 5.75 Å². The molecule has 2 aromatic rings. The number of halogens is 1. The Morgan fingerprint density at radius 2 is 1.77 bits per heavy atom. The second kappa shape index (κ2) is 7.47. The first-order chi connectivity index (χ1) is 10.6. The Labute approximate surface area is 132 Å². The molecule has 0 atom stereocenters. The van der Waals surface area contributed by atoms with Gasteiger partial charge in [-0.25, -0.2) is 4.79 Å². The zero-order valence-electron chi connectivity index (χ0n) is 11.8. The van der Waals surface area contributed by atoms with Crippen molar-refractivity contribution >= 4 is 29.2 Å². The van der Waals surface area contributed by atoms with Crippen molar-refractivity contribution in [2.24, 2.45) is 0 Å². The molecule has 114 valence electrons. The Bertz CT molecular complexity index is 670. The smallest absolute Gasteiger partial charge is 0.340 e. The predicted octanol–water partition coefficient (Wildman–Crippen LogP) is 3.14. The van der Waals surface area contributed by atoms with Gasteiger partial charge in [0, 0.05) is 5.69 Å². The maximum atomic E-state index is 11.8. The van der Waals surface area contributed by atoms with Crippen LogP contribution in [-0.2, 0) is 9.53 Å². The summed E-state index contributed by atoms with van der Waals surface area (Å²) in [6.07, 6.45) is 0. The van der Waals surface area contributed by atoms with Gasteiger partial charge in [-0.1, -0.05) is 23.7 Å². The number of carbonyl (C=O) groups excluding carboxylic acids is 2. The van der Waals surface area contributed by atoms with E-state index < -0.39 is 18.5 Å². The van der Waals surface area contributed by atoms with Crippen molar-refractivity contribution in [2.75, 3.05) is 19.0 Å². The van der Waals surface area contributed by atoms with E-state index in [1.165, 1.54) is 6.07 Å². The fraction of sp³-hybridized carbons (Fsp3) is 0.125. The van der Waals surface area contributed by atoms with E-state index in [0.29, 0.717) is 11.4 Å². The molecule has 0 saturated carbocycles. The minimum absolute atomic E-state index is 0.224. The molecule has 0 unspecified atom stereocenters. The number of hydrogen-bond acceptors (Lipinski definition) is 4. The molecule has 2 aromatic carbocycles. The van der Waals surface area contributed by atoms with E-state index in [0.717, 1.165) is 0 Å². The van der Waals surface area contributed by atoms with E-state index in [4.69, 9.17) is 21.1 Å². The first-order valence-electron chi connectivity index (χ1n) is 6.45. The lowest BCUT2D eigenvalue weighted by Crippen LogP contribution is -2.21. The predicted molar refractivity (Wildman–Crippen MR) is 83.4 cm³/mol. The lowest BCUT2D eigenvalue weighted by molar-refractivity contribution is -0.119. The maximum absolute atomic E-state index is 11.8. The number of esters is 1. The highest BCUT2D eigenvalue weighted by Crippen LogP contribution is 2.16. The number of amides is 1. The summed E-state index contributed by atoms with van der Waals surface area (Å²) in [6.45, 7) is -0.393. The van der Waals surface area contributed by atoms with Crippen molar-refractivity contribution in [1.29, 1.82) is 0 Å². The molecule has 0 fully saturated rings. The summed E-state index contributed by atoms with van der Waals surface area (Å²) in [5, 5.41) is 2.89. The minimum Gasteiger partial charge on any atom is -0.497 e. The van der Waals surface area contributed by atoms with Crippen LogP contribution in [0.3, 0.4) is 0 Å². The number of methoxy groups -OCH3 is 1. The zero-order valence-corrected chi connectivity index (χ0v) is 12.6. The summed E-state index contributed by atoms with van der Waals surface area (Å²) in [4.78, 5) is 23.5. The number of carbonyl (C=O) groups is 2. The summed E-state index contributed by atoms with van der Waals surface area (Å²) in [5.41, 5.74) is 0.806. The highest BCUT2D eigenvalue weighted by Gasteiger charge is 2.13. The second-order valence-electron chi connectivity index (χ2n) is 4.33. The van der Waals surface area contributed by atoms with Crippen LogP contribution < -0.4 is 10.1 Å². The SMILES string of the molecule is COc1ccc(NC(=O)COC(=O)c2ccccc2Cl)cc1. The first-order valence-corrected chi connectivity index (χ1v) is 6.83. The molecule has 0 aliphatic rings. The van der Waals surface area contributed by atoms with E-state index in [-0.39, 0.29) is 10.6 Å². The molecule has 0 heterocycles. The van der Waals surface area contributed by atoms with E-state index in [9.17, 15) is 9.59 Å².